The third-order valence-electron chi connectivity index (χ3n) is 6.70. The molecule has 3 heterocycles. The number of piperazine rings is 1. The number of aromatic amines is 1. The summed E-state index contributed by atoms with van der Waals surface area (Å²) in [5, 5.41) is 0.804. The molecular weight excluding hydrogens is 452 g/mol. The Hall–Kier alpha value is -2.16. The van der Waals surface area contributed by atoms with Gasteiger partial charge in [0.15, 0.2) is 0 Å². The number of thiophene rings is 1. The van der Waals surface area contributed by atoms with Crippen molar-refractivity contribution in [2.24, 2.45) is 0 Å². The van der Waals surface area contributed by atoms with E-state index in [0.29, 0.717) is 12.2 Å². The molecule has 1 fully saturated rings. The molecule has 0 atom stereocenters. The van der Waals surface area contributed by atoms with E-state index in [2.05, 4.69) is 41.1 Å². The summed E-state index contributed by atoms with van der Waals surface area (Å²) in [7, 11) is 0. The molecule has 33 heavy (non-hydrogen) atoms. The first-order valence-corrected chi connectivity index (χ1v) is 13.7. The van der Waals surface area contributed by atoms with Gasteiger partial charge in [0.25, 0.3) is 5.56 Å². The second kappa shape index (κ2) is 9.99. The van der Waals surface area contributed by atoms with Crippen molar-refractivity contribution in [3.8, 4) is 0 Å². The molecule has 6 nitrogen and oxygen atoms in total. The lowest BCUT2D eigenvalue weighted by atomic mass is 10.1. The predicted molar refractivity (Wildman–Crippen MR) is 136 cm³/mol. The van der Waals surface area contributed by atoms with Crippen LogP contribution >= 0.6 is 23.1 Å². The second-order valence-corrected chi connectivity index (χ2v) is 11.1. The van der Waals surface area contributed by atoms with E-state index in [4.69, 9.17) is 4.98 Å². The highest BCUT2D eigenvalue weighted by Crippen LogP contribution is 2.34. The number of aryl methyl sites for hydroxylation is 3. The van der Waals surface area contributed by atoms with Crippen LogP contribution in [0.25, 0.3) is 10.2 Å². The number of carbonyl (C=O) groups is 1. The van der Waals surface area contributed by atoms with Gasteiger partial charge in [-0.3, -0.25) is 14.5 Å². The van der Waals surface area contributed by atoms with E-state index in [1.807, 2.05) is 4.90 Å². The van der Waals surface area contributed by atoms with Gasteiger partial charge in [-0.1, -0.05) is 24.3 Å². The quantitative estimate of drug-likeness (QED) is 0.520. The van der Waals surface area contributed by atoms with Gasteiger partial charge < -0.3 is 9.88 Å². The molecule has 0 spiro atoms. The van der Waals surface area contributed by atoms with Crippen LogP contribution in [0.2, 0.25) is 0 Å². The average Bonchev–Trinajstić information content (AvgIpc) is 3.40. The van der Waals surface area contributed by atoms with Gasteiger partial charge in [-0.05, 0) is 42.9 Å². The molecule has 5 rings (SSSR count). The minimum absolute atomic E-state index is 0.00496. The van der Waals surface area contributed by atoms with Crippen LogP contribution in [0.1, 0.15) is 40.2 Å². The highest BCUT2D eigenvalue weighted by Gasteiger charge is 2.22. The van der Waals surface area contributed by atoms with Crippen LogP contribution in [0.4, 0.5) is 0 Å². The molecule has 1 aliphatic carbocycles. The number of aromatic nitrogens is 2. The molecule has 0 unspecified atom stereocenters. The van der Waals surface area contributed by atoms with Gasteiger partial charge in [-0.2, -0.15) is 11.8 Å². The molecule has 0 bridgehead atoms. The van der Waals surface area contributed by atoms with Crippen molar-refractivity contribution in [2.45, 2.75) is 44.9 Å². The smallest absolute Gasteiger partial charge is 0.259 e. The lowest BCUT2D eigenvalue weighted by Gasteiger charge is -2.35. The maximum absolute atomic E-state index is 12.7. The van der Waals surface area contributed by atoms with E-state index in [1.54, 1.807) is 23.1 Å². The topological polar surface area (TPSA) is 69.3 Å². The molecule has 1 amide bonds. The number of hydrogen-bond acceptors (Lipinski definition) is 6. The van der Waals surface area contributed by atoms with Crippen molar-refractivity contribution in [1.82, 2.24) is 19.8 Å². The number of hydrogen-bond donors (Lipinski definition) is 1. The summed E-state index contributed by atoms with van der Waals surface area (Å²) in [6, 6.07) is 8.51. The van der Waals surface area contributed by atoms with Crippen molar-refractivity contribution < 1.29 is 4.79 Å². The monoisotopic (exact) mass is 482 g/mol. The summed E-state index contributed by atoms with van der Waals surface area (Å²) < 4.78 is 0. The largest absolute Gasteiger partial charge is 0.340 e. The summed E-state index contributed by atoms with van der Waals surface area (Å²) in [6.07, 6.45) is 3.74. The predicted octanol–water partition coefficient (Wildman–Crippen LogP) is 3.75. The second-order valence-electron chi connectivity index (χ2n) is 8.94. The van der Waals surface area contributed by atoms with Gasteiger partial charge >= 0.3 is 0 Å². The summed E-state index contributed by atoms with van der Waals surface area (Å²) in [4.78, 5) is 39.5. The Balaban J connectivity index is 1.07. The zero-order chi connectivity index (χ0) is 22.8. The summed E-state index contributed by atoms with van der Waals surface area (Å²) in [6.45, 7) is 6.54. The van der Waals surface area contributed by atoms with Crippen LogP contribution in [0.15, 0.2) is 29.1 Å². The molecule has 1 saturated heterocycles. The number of carbonyl (C=O) groups excluding carboxylic acids is 1. The SMILES string of the molecule is Cc1ccccc1CN1CCN(C(=O)CCSCc2nc3sc4c(c3c(=O)[nH]2)CCC4)CC1. The van der Waals surface area contributed by atoms with E-state index in [0.717, 1.165) is 73.8 Å². The van der Waals surface area contributed by atoms with Crippen LogP contribution in [0, 0.1) is 6.92 Å². The van der Waals surface area contributed by atoms with Gasteiger partial charge in [0.05, 0.1) is 11.1 Å². The molecule has 2 aromatic heterocycles. The van der Waals surface area contributed by atoms with Gasteiger partial charge in [-0.25, -0.2) is 4.98 Å². The molecule has 1 aromatic carbocycles. The highest BCUT2D eigenvalue weighted by atomic mass is 32.2. The lowest BCUT2D eigenvalue weighted by molar-refractivity contribution is -0.132. The van der Waals surface area contributed by atoms with Crippen molar-refractivity contribution in [3.63, 3.8) is 0 Å². The van der Waals surface area contributed by atoms with E-state index in [9.17, 15) is 9.59 Å². The Kier molecular flexibility index (Phi) is 6.85. The van der Waals surface area contributed by atoms with Crippen molar-refractivity contribution in [2.75, 3.05) is 31.9 Å². The van der Waals surface area contributed by atoms with E-state index in [1.165, 1.54) is 21.6 Å². The van der Waals surface area contributed by atoms with E-state index < -0.39 is 0 Å². The Morgan fingerprint density at radius 2 is 2.00 bits per heavy atom. The number of nitrogens with zero attached hydrogens (tertiary/aromatic N) is 3. The van der Waals surface area contributed by atoms with E-state index >= 15 is 0 Å². The van der Waals surface area contributed by atoms with Crippen LogP contribution in [-0.4, -0.2) is 57.6 Å². The van der Waals surface area contributed by atoms with Crippen LogP contribution in [-0.2, 0) is 29.9 Å². The first kappa shape index (κ1) is 22.6. The van der Waals surface area contributed by atoms with Crippen LogP contribution in [0.5, 0.6) is 0 Å². The third-order valence-corrected chi connectivity index (χ3v) is 8.86. The molecule has 3 aromatic rings. The Morgan fingerprint density at radius 3 is 2.82 bits per heavy atom. The summed E-state index contributed by atoms with van der Waals surface area (Å²) >= 11 is 3.34. The minimum Gasteiger partial charge on any atom is -0.340 e. The first-order chi connectivity index (χ1) is 16.1. The fraction of sp³-hybridized carbons (Fsp3) is 0.480. The van der Waals surface area contributed by atoms with Gasteiger partial charge in [0, 0.05) is 49.8 Å². The average molecular weight is 483 g/mol. The molecular formula is C25H30N4O2S2. The summed E-state index contributed by atoms with van der Waals surface area (Å²) in [5.74, 6) is 2.32. The highest BCUT2D eigenvalue weighted by molar-refractivity contribution is 7.98. The van der Waals surface area contributed by atoms with E-state index in [-0.39, 0.29) is 11.5 Å². The zero-order valence-electron chi connectivity index (χ0n) is 19.1. The fourth-order valence-corrected chi connectivity index (χ4v) is 6.86. The maximum atomic E-state index is 12.7. The molecule has 1 N–H and O–H groups in total. The van der Waals surface area contributed by atoms with Crippen molar-refractivity contribution >= 4 is 39.2 Å². The van der Waals surface area contributed by atoms with Crippen molar-refractivity contribution in [3.05, 3.63) is 62.0 Å². The Morgan fingerprint density at radius 1 is 1.18 bits per heavy atom. The van der Waals surface area contributed by atoms with Crippen LogP contribution in [0.3, 0.4) is 0 Å². The zero-order valence-corrected chi connectivity index (χ0v) is 20.7. The molecule has 0 saturated carbocycles. The van der Waals surface area contributed by atoms with Gasteiger partial charge in [0.2, 0.25) is 5.91 Å². The lowest BCUT2D eigenvalue weighted by Crippen LogP contribution is -2.48. The first-order valence-electron chi connectivity index (χ1n) is 11.7. The molecule has 0 radical (unpaired) electrons. The number of benzene rings is 1. The normalized spacial score (nSPS) is 16.5. The van der Waals surface area contributed by atoms with Crippen molar-refractivity contribution in [1.29, 1.82) is 0 Å². The van der Waals surface area contributed by atoms with Gasteiger partial charge in [-0.15, -0.1) is 11.3 Å². The molecule has 1 aliphatic heterocycles. The number of H-pyrrole nitrogens is 1. The van der Waals surface area contributed by atoms with Gasteiger partial charge in [0.1, 0.15) is 10.7 Å². The van der Waals surface area contributed by atoms with Crippen LogP contribution < -0.4 is 5.56 Å². The minimum atomic E-state index is -0.00496. The number of amides is 1. The molecule has 8 heteroatoms. The molecule has 174 valence electrons. The fourth-order valence-electron chi connectivity index (χ4n) is 4.79. The summed E-state index contributed by atoms with van der Waals surface area (Å²) in [5.41, 5.74) is 3.90. The number of fused-ring (bicyclic) bond motifs is 3. The number of nitrogens with one attached hydrogen (secondary N) is 1. The third kappa shape index (κ3) is 5.03. The number of rotatable bonds is 7. The standard InChI is InChI=1S/C25H30N4O2S2/c1-17-5-2-3-6-18(17)15-28-10-12-29(13-11-28)22(30)9-14-32-16-21-26-24(31)23-19-7-4-8-20(19)33-25(23)27-21/h2-3,5-6H,4,7-16H2,1H3,(H,26,27,31). The molecule has 2 aliphatic rings. The maximum Gasteiger partial charge on any atom is 0.259 e. The Labute approximate surface area is 202 Å². The Bertz CT molecular complexity index is 1210. The number of thioether (sulfide) groups is 1.